The second-order valence-corrected chi connectivity index (χ2v) is 5.45. The van der Waals surface area contributed by atoms with Gasteiger partial charge in [0, 0.05) is 16.4 Å². The summed E-state index contributed by atoms with van der Waals surface area (Å²) in [5, 5.41) is 2.96. The van der Waals surface area contributed by atoms with Crippen LogP contribution in [-0.2, 0) is 0 Å². The molecule has 1 aromatic rings. The lowest BCUT2D eigenvalue weighted by molar-refractivity contribution is 0.0949. The van der Waals surface area contributed by atoms with Crippen LogP contribution in [0.3, 0.4) is 0 Å². The molecule has 94 valence electrons. The van der Waals surface area contributed by atoms with Crippen molar-refractivity contribution in [3.05, 3.63) is 34.6 Å². The van der Waals surface area contributed by atoms with Crippen molar-refractivity contribution in [1.82, 2.24) is 5.32 Å². The Bertz CT molecular complexity index is 400. The fourth-order valence-corrected chi connectivity index (χ4v) is 2.17. The minimum Gasteiger partial charge on any atom is -0.351 e. The lowest BCUT2D eigenvalue weighted by Gasteiger charge is -2.10. The van der Waals surface area contributed by atoms with Crippen LogP contribution in [0.4, 0.5) is 4.39 Å². The third-order valence-electron chi connectivity index (χ3n) is 2.26. The quantitative estimate of drug-likeness (QED) is 0.821. The van der Waals surface area contributed by atoms with E-state index in [9.17, 15) is 9.18 Å². The van der Waals surface area contributed by atoms with Crippen molar-refractivity contribution < 1.29 is 9.18 Å². The van der Waals surface area contributed by atoms with E-state index in [0.717, 1.165) is 18.9 Å². The van der Waals surface area contributed by atoms with Crippen molar-refractivity contribution in [1.29, 1.82) is 0 Å². The van der Waals surface area contributed by atoms with E-state index in [1.165, 1.54) is 12.1 Å². The number of amides is 1. The van der Waals surface area contributed by atoms with Crippen LogP contribution in [0.15, 0.2) is 18.2 Å². The highest BCUT2D eigenvalue weighted by Gasteiger charge is 2.12. The van der Waals surface area contributed by atoms with Gasteiger partial charge < -0.3 is 5.32 Å². The molecular formula is C12H14BrClFNO. The van der Waals surface area contributed by atoms with Crippen molar-refractivity contribution in [3.8, 4) is 0 Å². The number of carbonyl (C=O) groups excluding carboxylic acids is 1. The highest BCUT2D eigenvalue weighted by molar-refractivity contribution is 9.09. The van der Waals surface area contributed by atoms with E-state index in [1.807, 2.05) is 0 Å². The highest BCUT2D eigenvalue weighted by Crippen LogP contribution is 2.14. The summed E-state index contributed by atoms with van der Waals surface area (Å²) in [5.41, 5.74) is 0.0191. The van der Waals surface area contributed by atoms with Gasteiger partial charge in [0.2, 0.25) is 0 Å². The molecule has 0 aliphatic rings. The van der Waals surface area contributed by atoms with Crippen molar-refractivity contribution in [2.24, 2.45) is 0 Å². The number of alkyl halides is 1. The molecule has 5 heteroatoms. The Morgan fingerprint density at radius 3 is 2.88 bits per heavy atom. The predicted molar refractivity (Wildman–Crippen MR) is 71.4 cm³/mol. The van der Waals surface area contributed by atoms with E-state index in [0.29, 0.717) is 6.54 Å². The lowest BCUT2D eigenvalue weighted by atomic mass is 10.2. The smallest absolute Gasteiger partial charge is 0.254 e. The molecule has 0 saturated carbocycles. The molecule has 0 aliphatic carbocycles. The summed E-state index contributed by atoms with van der Waals surface area (Å²) in [7, 11) is 0. The molecule has 0 radical (unpaired) electrons. The summed E-state index contributed by atoms with van der Waals surface area (Å²) in [5.74, 6) is -1.02. The molecule has 1 unspecified atom stereocenters. The maximum atomic E-state index is 13.4. The summed E-state index contributed by atoms with van der Waals surface area (Å²) in [4.78, 5) is 11.9. The first kappa shape index (κ1) is 14.5. The SMILES string of the molecule is CCCC(Br)CNC(=O)c1ccc(Cl)cc1F. The van der Waals surface area contributed by atoms with Gasteiger partial charge in [-0.3, -0.25) is 4.79 Å². The average Bonchev–Trinajstić information content (AvgIpc) is 2.26. The number of carbonyl (C=O) groups is 1. The van der Waals surface area contributed by atoms with Gasteiger partial charge >= 0.3 is 0 Å². The van der Waals surface area contributed by atoms with Crippen LogP contribution in [0.5, 0.6) is 0 Å². The van der Waals surface area contributed by atoms with Crippen LogP contribution in [0.2, 0.25) is 5.02 Å². The molecule has 1 atom stereocenters. The van der Waals surface area contributed by atoms with Crippen LogP contribution < -0.4 is 5.32 Å². The van der Waals surface area contributed by atoms with Gasteiger partial charge in [0.1, 0.15) is 5.82 Å². The van der Waals surface area contributed by atoms with Gasteiger partial charge in [-0.05, 0) is 24.6 Å². The van der Waals surface area contributed by atoms with Gasteiger partial charge in [0.05, 0.1) is 5.56 Å². The first-order valence-corrected chi connectivity index (χ1v) is 6.71. The Hall–Kier alpha value is -0.610. The number of halogens is 3. The van der Waals surface area contributed by atoms with Crippen LogP contribution in [0, 0.1) is 5.82 Å². The minimum absolute atomic E-state index is 0.0191. The number of hydrogen-bond donors (Lipinski definition) is 1. The maximum absolute atomic E-state index is 13.4. The summed E-state index contributed by atoms with van der Waals surface area (Å²) in [6.07, 6.45) is 1.99. The summed E-state index contributed by atoms with van der Waals surface area (Å²) < 4.78 is 13.4. The Labute approximate surface area is 114 Å². The van der Waals surface area contributed by atoms with Gasteiger partial charge in [-0.1, -0.05) is 40.9 Å². The standard InChI is InChI=1S/C12H14BrClFNO/c1-2-3-8(13)7-16-12(17)10-5-4-9(14)6-11(10)15/h4-6,8H,2-3,7H2,1H3,(H,16,17). The molecule has 0 spiro atoms. The Balaban J connectivity index is 2.58. The zero-order valence-corrected chi connectivity index (χ0v) is 11.8. The number of rotatable bonds is 5. The summed E-state index contributed by atoms with van der Waals surface area (Å²) in [6.45, 7) is 2.55. The molecule has 1 amide bonds. The highest BCUT2D eigenvalue weighted by atomic mass is 79.9. The lowest BCUT2D eigenvalue weighted by Crippen LogP contribution is -2.30. The number of hydrogen-bond acceptors (Lipinski definition) is 1. The van der Waals surface area contributed by atoms with E-state index in [1.54, 1.807) is 0 Å². The van der Waals surface area contributed by atoms with Gasteiger partial charge in [-0.2, -0.15) is 0 Å². The molecule has 1 N–H and O–H groups in total. The molecular weight excluding hydrogens is 308 g/mol. The van der Waals surface area contributed by atoms with Gasteiger partial charge in [-0.25, -0.2) is 4.39 Å². The maximum Gasteiger partial charge on any atom is 0.254 e. The summed E-state index contributed by atoms with van der Waals surface area (Å²) in [6, 6.07) is 4.02. The average molecular weight is 323 g/mol. The molecule has 0 fully saturated rings. The minimum atomic E-state index is -0.600. The zero-order chi connectivity index (χ0) is 12.8. The van der Waals surface area contributed by atoms with Crippen molar-refractivity contribution in [2.45, 2.75) is 24.6 Å². The van der Waals surface area contributed by atoms with E-state index in [-0.39, 0.29) is 15.4 Å². The molecule has 0 aliphatic heterocycles. The largest absolute Gasteiger partial charge is 0.351 e. The predicted octanol–water partition coefficient (Wildman–Crippen LogP) is 3.77. The number of nitrogens with one attached hydrogen (secondary N) is 1. The topological polar surface area (TPSA) is 29.1 Å². The first-order chi connectivity index (χ1) is 8.04. The first-order valence-electron chi connectivity index (χ1n) is 5.42. The van der Waals surface area contributed by atoms with E-state index in [2.05, 4.69) is 28.2 Å². The molecule has 0 heterocycles. The second kappa shape index (κ2) is 6.97. The molecule has 0 saturated heterocycles. The summed E-state index contributed by atoms with van der Waals surface area (Å²) >= 11 is 9.05. The van der Waals surface area contributed by atoms with Gasteiger partial charge in [0.15, 0.2) is 0 Å². The normalized spacial score (nSPS) is 12.2. The van der Waals surface area contributed by atoms with E-state index >= 15 is 0 Å². The van der Waals surface area contributed by atoms with E-state index in [4.69, 9.17) is 11.6 Å². The van der Waals surface area contributed by atoms with Crippen molar-refractivity contribution >= 4 is 33.4 Å². The Morgan fingerprint density at radius 2 is 2.29 bits per heavy atom. The molecule has 0 bridgehead atoms. The zero-order valence-electron chi connectivity index (χ0n) is 9.47. The Morgan fingerprint density at radius 1 is 1.59 bits per heavy atom. The fraction of sp³-hybridized carbons (Fsp3) is 0.417. The fourth-order valence-electron chi connectivity index (χ4n) is 1.39. The number of benzene rings is 1. The van der Waals surface area contributed by atoms with Crippen molar-refractivity contribution in [2.75, 3.05) is 6.54 Å². The van der Waals surface area contributed by atoms with Gasteiger partial charge in [-0.15, -0.1) is 0 Å². The molecule has 0 aromatic heterocycles. The Kier molecular flexibility index (Phi) is 5.92. The van der Waals surface area contributed by atoms with Crippen LogP contribution in [-0.4, -0.2) is 17.3 Å². The third kappa shape index (κ3) is 4.64. The molecule has 1 aromatic carbocycles. The van der Waals surface area contributed by atoms with Crippen LogP contribution >= 0.6 is 27.5 Å². The van der Waals surface area contributed by atoms with E-state index < -0.39 is 11.7 Å². The molecule has 1 rings (SSSR count). The second-order valence-electron chi connectivity index (χ2n) is 3.72. The monoisotopic (exact) mass is 321 g/mol. The third-order valence-corrected chi connectivity index (χ3v) is 3.28. The van der Waals surface area contributed by atoms with Crippen LogP contribution in [0.1, 0.15) is 30.1 Å². The molecule has 2 nitrogen and oxygen atoms in total. The van der Waals surface area contributed by atoms with Gasteiger partial charge in [0.25, 0.3) is 5.91 Å². The van der Waals surface area contributed by atoms with Crippen LogP contribution in [0.25, 0.3) is 0 Å². The molecule has 17 heavy (non-hydrogen) atoms. The van der Waals surface area contributed by atoms with Crippen molar-refractivity contribution in [3.63, 3.8) is 0 Å².